The van der Waals surface area contributed by atoms with Crippen LogP contribution in [0.5, 0.6) is 0 Å². The third kappa shape index (κ3) is 4.85. The average molecular weight is 211 g/mol. The lowest BCUT2D eigenvalue weighted by atomic mass is 10.2. The Morgan fingerprint density at radius 3 is 2.60 bits per heavy atom. The summed E-state index contributed by atoms with van der Waals surface area (Å²) in [4.78, 5) is 11.0. The number of hydrogen-bond donors (Lipinski definition) is 3. The van der Waals surface area contributed by atoms with Crippen molar-refractivity contribution in [3.8, 4) is 0 Å². The number of nitrogens with one attached hydrogen (secondary N) is 2. The molecule has 5 heteroatoms. The Hall–Kier alpha value is -1.78. The second-order valence-corrected chi connectivity index (χ2v) is 3.30. The third-order valence-corrected chi connectivity index (χ3v) is 1.45. The largest absolute Gasteiger partial charge is 0.478 e. The molecule has 4 N–H and O–H groups in total. The van der Waals surface area contributed by atoms with Gasteiger partial charge in [0.1, 0.15) is 5.57 Å². The highest BCUT2D eigenvalue weighted by atomic mass is 16.5. The minimum absolute atomic E-state index is 0.00412. The zero-order chi connectivity index (χ0) is 11.8. The maximum atomic E-state index is 11.0. The van der Waals surface area contributed by atoms with Crippen LogP contribution in [0.25, 0.3) is 0 Å². The van der Waals surface area contributed by atoms with Gasteiger partial charge in [-0.25, -0.2) is 0 Å². The molecule has 0 atom stereocenters. The third-order valence-electron chi connectivity index (χ3n) is 1.45. The van der Waals surface area contributed by atoms with Crippen molar-refractivity contribution in [2.45, 2.75) is 13.8 Å². The van der Waals surface area contributed by atoms with Crippen molar-refractivity contribution in [3.05, 3.63) is 24.2 Å². The summed E-state index contributed by atoms with van der Waals surface area (Å²) in [6.45, 7) is 7.83. The standard InChI is InChI=1S/C10H17N3O2/c1-4-13-10(15-6-7(2)3)8(5-11)9(12)14/h4-5,7,11,13H,1,6H2,2-3H3,(H2,12,14)/b10-8-,11-5?. The zero-order valence-electron chi connectivity index (χ0n) is 9.04. The Morgan fingerprint density at radius 1 is 1.67 bits per heavy atom. The number of carbonyl (C=O) groups excluding carboxylic acids is 1. The summed E-state index contributed by atoms with van der Waals surface area (Å²) < 4.78 is 5.30. The summed E-state index contributed by atoms with van der Waals surface area (Å²) in [5.41, 5.74) is 5.08. The Labute approximate surface area is 89.5 Å². The van der Waals surface area contributed by atoms with Crippen LogP contribution in [0.15, 0.2) is 24.2 Å². The Bertz CT molecular complexity index is 282. The highest BCUT2D eigenvalue weighted by molar-refractivity contribution is 6.10. The molecule has 84 valence electrons. The number of rotatable bonds is 7. The first kappa shape index (κ1) is 13.2. The van der Waals surface area contributed by atoms with E-state index >= 15 is 0 Å². The smallest absolute Gasteiger partial charge is 0.255 e. The van der Waals surface area contributed by atoms with Gasteiger partial charge in [0.25, 0.3) is 5.91 Å². The lowest BCUT2D eigenvalue weighted by molar-refractivity contribution is -0.114. The molecule has 0 fully saturated rings. The van der Waals surface area contributed by atoms with Gasteiger partial charge in [-0.3, -0.25) is 4.79 Å². The van der Waals surface area contributed by atoms with Crippen LogP contribution in [0.1, 0.15) is 13.8 Å². The van der Waals surface area contributed by atoms with Gasteiger partial charge in [0.2, 0.25) is 5.88 Å². The average Bonchev–Trinajstić information content (AvgIpc) is 2.14. The number of nitrogens with two attached hydrogens (primary N) is 1. The maximum absolute atomic E-state index is 11.0. The number of carbonyl (C=O) groups is 1. The molecular formula is C10H17N3O2. The van der Waals surface area contributed by atoms with E-state index in [1.807, 2.05) is 13.8 Å². The van der Waals surface area contributed by atoms with Crippen LogP contribution < -0.4 is 11.1 Å². The van der Waals surface area contributed by atoms with Crippen molar-refractivity contribution in [2.24, 2.45) is 11.7 Å². The molecule has 0 heterocycles. The summed E-state index contributed by atoms with van der Waals surface area (Å²) in [6.07, 6.45) is 2.22. The number of amides is 1. The van der Waals surface area contributed by atoms with Gasteiger partial charge in [0.15, 0.2) is 0 Å². The topological polar surface area (TPSA) is 88.2 Å². The van der Waals surface area contributed by atoms with E-state index in [2.05, 4.69) is 11.9 Å². The van der Waals surface area contributed by atoms with Crippen molar-refractivity contribution in [2.75, 3.05) is 6.61 Å². The minimum atomic E-state index is -0.710. The first-order chi connectivity index (χ1) is 7.02. The van der Waals surface area contributed by atoms with E-state index < -0.39 is 5.91 Å². The van der Waals surface area contributed by atoms with E-state index in [-0.39, 0.29) is 11.5 Å². The fourth-order valence-corrected chi connectivity index (χ4v) is 0.788. The lowest BCUT2D eigenvalue weighted by Crippen LogP contribution is -2.23. The molecule has 0 saturated heterocycles. The van der Waals surface area contributed by atoms with E-state index in [1.54, 1.807) is 0 Å². The molecule has 0 saturated carbocycles. The maximum Gasteiger partial charge on any atom is 0.255 e. The molecule has 15 heavy (non-hydrogen) atoms. The zero-order valence-corrected chi connectivity index (χ0v) is 9.04. The highest BCUT2D eigenvalue weighted by Crippen LogP contribution is 2.04. The molecule has 0 aromatic rings. The van der Waals surface area contributed by atoms with Crippen LogP contribution in [-0.2, 0) is 9.53 Å². The van der Waals surface area contributed by atoms with E-state index in [0.29, 0.717) is 12.5 Å². The molecule has 5 nitrogen and oxygen atoms in total. The quantitative estimate of drug-likeness (QED) is 0.329. The fourth-order valence-electron chi connectivity index (χ4n) is 0.788. The summed E-state index contributed by atoms with van der Waals surface area (Å²) in [5, 5.41) is 9.69. The summed E-state index contributed by atoms with van der Waals surface area (Å²) >= 11 is 0. The van der Waals surface area contributed by atoms with E-state index in [0.717, 1.165) is 6.21 Å². The summed E-state index contributed by atoms with van der Waals surface area (Å²) in [5.74, 6) is -0.231. The molecule has 0 aliphatic heterocycles. The molecule has 0 aliphatic rings. The normalized spacial score (nSPS) is 11.7. The van der Waals surface area contributed by atoms with Crippen LogP contribution in [0.3, 0.4) is 0 Å². The summed E-state index contributed by atoms with van der Waals surface area (Å²) in [7, 11) is 0. The summed E-state index contributed by atoms with van der Waals surface area (Å²) in [6, 6.07) is 0. The predicted octanol–water partition coefficient (Wildman–Crippen LogP) is 0.739. The minimum Gasteiger partial charge on any atom is -0.478 e. The van der Waals surface area contributed by atoms with E-state index in [1.165, 1.54) is 6.20 Å². The number of primary amides is 1. The van der Waals surface area contributed by atoms with Crippen LogP contribution in [0, 0.1) is 11.3 Å². The lowest BCUT2D eigenvalue weighted by Gasteiger charge is -2.13. The molecule has 0 bridgehead atoms. The molecule has 0 aromatic carbocycles. The SMILES string of the molecule is C=CN/C(OCC(C)C)=C(\C=N)C(N)=O. The molecule has 0 unspecified atom stereocenters. The molecule has 0 aromatic heterocycles. The second-order valence-electron chi connectivity index (χ2n) is 3.30. The second kappa shape index (κ2) is 6.64. The van der Waals surface area contributed by atoms with Crippen molar-refractivity contribution in [3.63, 3.8) is 0 Å². The van der Waals surface area contributed by atoms with Gasteiger partial charge in [-0.1, -0.05) is 20.4 Å². The van der Waals surface area contributed by atoms with Crippen LogP contribution in [0.4, 0.5) is 0 Å². The van der Waals surface area contributed by atoms with Crippen molar-refractivity contribution in [1.29, 1.82) is 5.41 Å². The Kier molecular flexibility index (Phi) is 5.85. The van der Waals surface area contributed by atoms with Gasteiger partial charge in [-0.15, -0.1) is 0 Å². The van der Waals surface area contributed by atoms with Crippen LogP contribution in [0.2, 0.25) is 0 Å². The van der Waals surface area contributed by atoms with Crippen LogP contribution in [-0.4, -0.2) is 18.7 Å². The van der Waals surface area contributed by atoms with E-state index in [4.69, 9.17) is 15.9 Å². The van der Waals surface area contributed by atoms with Crippen molar-refractivity contribution < 1.29 is 9.53 Å². The molecule has 0 spiro atoms. The molecule has 0 radical (unpaired) electrons. The van der Waals surface area contributed by atoms with Gasteiger partial charge in [-0.2, -0.15) is 0 Å². The monoisotopic (exact) mass is 211 g/mol. The van der Waals surface area contributed by atoms with Crippen LogP contribution >= 0.6 is 0 Å². The van der Waals surface area contributed by atoms with Gasteiger partial charge in [-0.05, 0) is 12.1 Å². The molecular weight excluding hydrogens is 194 g/mol. The van der Waals surface area contributed by atoms with Gasteiger partial charge in [0.05, 0.1) is 6.61 Å². The van der Waals surface area contributed by atoms with Gasteiger partial charge < -0.3 is 21.2 Å². The first-order valence-electron chi connectivity index (χ1n) is 4.57. The Balaban J connectivity index is 4.80. The predicted molar refractivity (Wildman–Crippen MR) is 59.1 cm³/mol. The number of hydrogen-bond acceptors (Lipinski definition) is 4. The Morgan fingerprint density at radius 2 is 2.27 bits per heavy atom. The number of ether oxygens (including phenoxy) is 1. The first-order valence-corrected chi connectivity index (χ1v) is 4.57. The van der Waals surface area contributed by atoms with E-state index in [9.17, 15) is 4.79 Å². The fraction of sp³-hybridized carbons (Fsp3) is 0.400. The van der Waals surface area contributed by atoms with Crippen molar-refractivity contribution >= 4 is 12.1 Å². The highest BCUT2D eigenvalue weighted by Gasteiger charge is 2.11. The molecule has 0 rings (SSSR count). The van der Waals surface area contributed by atoms with Gasteiger partial charge in [0, 0.05) is 6.21 Å². The molecule has 1 amide bonds. The molecule has 0 aliphatic carbocycles. The van der Waals surface area contributed by atoms with Crippen molar-refractivity contribution in [1.82, 2.24) is 5.32 Å². The van der Waals surface area contributed by atoms with Gasteiger partial charge >= 0.3 is 0 Å².